The summed E-state index contributed by atoms with van der Waals surface area (Å²) in [4.78, 5) is 6.73. The minimum Gasteiger partial charge on any atom is -0.497 e. The summed E-state index contributed by atoms with van der Waals surface area (Å²) in [7, 11) is 0.0261. The van der Waals surface area contributed by atoms with Gasteiger partial charge in [0.25, 0.3) is 0 Å². The van der Waals surface area contributed by atoms with Crippen molar-refractivity contribution in [2.75, 3.05) is 45.7 Å². The fraction of sp³-hybridized carbons (Fsp3) is 0.350. The molecule has 10 heteroatoms. The van der Waals surface area contributed by atoms with Crippen LogP contribution in [-0.4, -0.2) is 63.9 Å². The first-order valence-electron chi connectivity index (χ1n) is 9.38. The summed E-state index contributed by atoms with van der Waals surface area (Å²) in [5.41, 5.74) is 7.37. The minimum atomic E-state index is -3.57. The van der Waals surface area contributed by atoms with Gasteiger partial charge in [-0.2, -0.15) is 4.31 Å². The molecule has 0 radical (unpaired) electrons. The van der Waals surface area contributed by atoms with Gasteiger partial charge in [-0.25, -0.2) is 13.4 Å². The van der Waals surface area contributed by atoms with Crippen LogP contribution in [0.3, 0.4) is 0 Å². The van der Waals surface area contributed by atoms with Crippen LogP contribution in [0, 0.1) is 0 Å². The monoisotopic (exact) mass is 545 g/mol. The molecule has 0 unspecified atom stereocenters. The molecule has 2 aromatic carbocycles. The fourth-order valence-electron chi connectivity index (χ4n) is 3.09. The van der Waals surface area contributed by atoms with Crippen LogP contribution in [0.5, 0.6) is 5.75 Å². The summed E-state index contributed by atoms with van der Waals surface area (Å²) in [6, 6.07) is 14.2. The van der Waals surface area contributed by atoms with E-state index in [1.807, 2.05) is 31.3 Å². The fourth-order valence-corrected chi connectivity index (χ4v) is 4.72. The number of benzene rings is 2. The molecule has 1 aliphatic rings. The summed E-state index contributed by atoms with van der Waals surface area (Å²) in [6.07, 6.45) is 0. The first-order chi connectivity index (χ1) is 13.9. The van der Waals surface area contributed by atoms with Gasteiger partial charge >= 0.3 is 0 Å². The number of nitrogens with two attached hydrogens (primary N) is 1. The topological polar surface area (TPSA) is 100 Å². The maximum absolute atomic E-state index is 13.1. The SMILES string of the molecule is COc1ccc(NC(N)=NCc2ccccc2S(=O)(=O)N2CCN(C)CC2)cc1.I. The van der Waals surface area contributed by atoms with Crippen LogP contribution in [0.1, 0.15) is 5.56 Å². The first-order valence-corrected chi connectivity index (χ1v) is 10.8. The van der Waals surface area contributed by atoms with Crippen molar-refractivity contribution in [2.45, 2.75) is 11.4 Å². The third-order valence-electron chi connectivity index (χ3n) is 4.83. The van der Waals surface area contributed by atoms with Gasteiger partial charge in [0.15, 0.2) is 5.96 Å². The number of halogens is 1. The number of aliphatic imine (C=N–C) groups is 1. The summed E-state index contributed by atoms with van der Waals surface area (Å²) < 4.78 is 32.9. The second-order valence-corrected chi connectivity index (χ2v) is 8.78. The summed E-state index contributed by atoms with van der Waals surface area (Å²) in [6.45, 7) is 2.57. The van der Waals surface area contributed by atoms with Crippen LogP contribution in [0.15, 0.2) is 58.4 Å². The van der Waals surface area contributed by atoms with E-state index in [2.05, 4.69) is 15.2 Å². The van der Waals surface area contributed by atoms with Gasteiger partial charge in [0.1, 0.15) is 5.75 Å². The molecule has 164 valence electrons. The van der Waals surface area contributed by atoms with Gasteiger partial charge in [-0.05, 0) is 42.9 Å². The quantitative estimate of drug-likeness (QED) is 0.328. The highest BCUT2D eigenvalue weighted by Gasteiger charge is 2.29. The Morgan fingerprint density at radius 3 is 2.37 bits per heavy atom. The van der Waals surface area contributed by atoms with Gasteiger partial charge in [-0.3, -0.25) is 0 Å². The molecule has 30 heavy (non-hydrogen) atoms. The van der Waals surface area contributed by atoms with E-state index in [-0.39, 0.29) is 41.4 Å². The lowest BCUT2D eigenvalue weighted by molar-refractivity contribution is 0.222. The van der Waals surface area contributed by atoms with Crippen LogP contribution >= 0.6 is 24.0 Å². The first kappa shape index (κ1) is 24.4. The van der Waals surface area contributed by atoms with Gasteiger partial charge in [0.2, 0.25) is 10.0 Å². The zero-order chi connectivity index (χ0) is 20.9. The molecule has 0 spiro atoms. The van der Waals surface area contributed by atoms with Crippen molar-refractivity contribution in [3.05, 3.63) is 54.1 Å². The number of nitrogens with zero attached hydrogens (tertiary/aromatic N) is 3. The number of nitrogens with one attached hydrogen (secondary N) is 1. The number of rotatable bonds is 6. The summed E-state index contributed by atoms with van der Waals surface area (Å²) in [5, 5.41) is 3.00. The molecule has 1 aliphatic heterocycles. The zero-order valence-corrected chi connectivity index (χ0v) is 20.3. The molecule has 0 bridgehead atoms. The Morgan fingerprint density at radius 1 is 1.10 bits per heavy atom. The number of guanidine groups is 1. The molecule has 1 saturated heterocycles. The van der Waals surface area contributed by atoms with E-state index in [0.717, 1.165) is 24.5 Å². The van der Waals surface area contributed by atoms with Gasteiger partial charge in [-0.15, -0.1) is 24.0 Å². The largest absolute Gasteiger partial charge is 0.497 e. The maximum Gasteiger partial charge on any atom is 0.243 e. The molecule has 3 rings (SSSR count). The zero-order valence-electron chi connectivity index (χ0n) is 17.1. The van der Waals surface area contributed by atoms with Crippen molar-refractivity contribution in [1.29, 1.82) is 0 Å². The van der Waals surface area contributed by atoms with E-state index in [9.17, 15) is 8.42 Å². The predicted octanol–water partition coefficient (Wildman–Crippen LogP) is 2.18. The molecule has 0 atom stereocenters. The van der Waals surface area contributed by atoms with Crippen LogP contribution in [0.2, 0.25) is 0 Å². The standard InChI is InChI=1S/C20H27N5O3S.HI/c1-24-11-13-25(14-12-24)29(26,27)19-6-4-3-5-16(19)15-22-20(21)23-17-7-9-18(28-2)10-8-17;/h3-10H,11-15H2,1-2H3,(H3,21,22,23);1H. The number of methoxy groups -OCH3 is 1. The Labute approximate surface area is 195 Å². The number of hydrogen-bond donors (Lipinski definition) is 2. The third-order valence-corrected chi connectivity index (χ3v) is 6.83. The highest BCUT2D eigenvalue weighted by molar-refractivity contribution is 14.0. The second kappa shape index (κ2) is 10.9. The number of hydrogen-bond acceptors (Lipinski definition) is 5. The van der Waals surface area contributed by atoms with Crippen LogP contribution in [-0.2, 0) is 16.6 Å². The molecule has 1 fully saturated rings. The molecule has 8 nitrogen and oxygen atoms in total. The molecular weight excluding hydrogens is 517 g/mol. The molecule has 3 N–H and O–H groups in total. The van der Waals surface area contributed by atoms with Gasteiger partial charge < -0.3 is 20.7 Å². The maximum atomic E-state index is 13.1. The number of piperazine rings is 1. The lowest BCUT2D eigenvalue weighted by Gasteiger charge is -2.32. The van der Waals surface area contributed by atoms with Crippen molar-refractivity contribution in [3.8, 4) is 5.75 Å². The van der Waals surface area contributed by atoms with Crippen LogP contribution < -0.4 is 15.8 Å². The molecule has 1 heterocycles. The van der Waals surface area contributed by atoms with E-state index in [1.54, 1.807) is 31.4 Å². The van der Waals surface area contributed by atoms with Crippen LogP contribution in [0.4, 0.5) is 5.69 Å². The molecule has 0 aliphatic carbocycles. The Balaban J connectivity index is 0.00000320. The third kappa shape index (κ3) is 6.06. The highest BCUT2D eigenvalue weighted by Crippen LogP contribution is 2.22. The normalized spacial score (nSPS) is 16.0. The van der Waals surface area contributed by atoms with Crippen molar-refractivity contribution in [1.82, 2.24) is 9.21 Å². The average Bonchev–Trinajstić information content (AvgIpc) is 2.73. The Bertz CT molecular complexity index is 959. The second-order valence-electron chi connectivity index (χ2n) is 6.87. The van der Waals surface area contributed by atoms with Gasteiger partial charge in [0, 0.05) is 31.9 Å². The van der Waals surface area contributed by atoms with Gasteiger partial charge in [0.05, 0.1) is 18.6 Å². The molecular formula is C20H28IN5O3S. The Kier molecular flexibility index (Phi) is 8.89. The van der Waals surface area contributed by atoms with Crippen molar-refractivity contribution in [2.24, 2.45) is 10.7 Å². The van der Waals surface area contributed by atoms with E-state index in [1.165, 1.54) is 4.31 Å². The average molecular weight is 545 g/mol. The smallest absolute Gasteiger partial charge is 0.243 e. The predicted molar refractivity (Wildman–Crippen MR) is 130 cm³/mol. The molecule has 0 saturated carbocycles. The van der Waals surface area contributed by atoms with E-state index in [0.29, 0.717) is 18.7 Å². The van der Waals surface area contributed by atoms with Crippen LogP contribution in [0.25, 0.3) is 0 Å². The minimum absolute atomic E-state index is 0. The molecule has 0 aromatic heterocycles. The van der Waals surface area contributed by atoms with Crippen molar-refractivity contribution in [3.63, 3.8) is 0 Å². The Hall–Kier alpha value is -1.89. The Morgan fingerprint density at radius 2 is 1.73 bits per heavy atom. The summed E-state index contributed by atoms with van der Waals surface area (Å²) in [5.74, 6) is 0.955. The van der Waals surface area contributed by atoms with Crippen molar-refractivity contribution < 1.29 is 13.2 Å². The van der Waals surface area contributed by atoms with E-state index >= 15 is 0 Å². The van der Waals surface area contributed by atoms with E-state index < -0.39 is 10.0 Å². The van der Waals surface area contributed by atoms with Gasteiger partial charge in [-0.1, -0.05) is 18.2 Å². The number of likely N-dealkylation sites (N-methyl/N-ethyl adjacent to an activating group) is 1. The number of anilines is 1. The van der Waals surface area contributed by atoms with E-state index in [4.69, 9.17) is 10.5 Å². The lowest BCUT2D eigenvalue weighted by Crippen LogP contribution is -2.47. The lowest BCUT2D eigenvalue weighted by atomic mass is 10.2. The number of sulfonamides is 1. The highest BCUT2D eigenvalue weighted by atomic mass is 127. The van der Waals surface area contributed by atoms with Crippen molar-refractivity contribution >= 4 is 45.6 Å². The molecule has 0 amide bonds. The summed E-state index contributed by atoms with van der Waals surface area (Å²) >= 11 is 0. The molecule has 2 aromatic rings. The number of ether oxygens (including phenoxy) is 1.